The van der Waals surface area contributed by atoms with E-state index in [-0.39, 0.29) is 22.7 Å². The largest absolute Gasteiger partial charge is 0.310 e. The van der Waals surface area contributed by atoms with Gasteiger partial charge in [-0.3, -0.25) is 19.3 Å². The van der Waals surface area contributed by atoms with Gasteiger partial charge in [0, 0.05) is 41.1 Å². The Morgan fingerprint density at radius 3 is 2.37 bits per heavy atom. The van der Waals surface area contributed by atoms with Crippen LogP contribution < -0.4 is 10.5 Å². The number of aryl methyl sites for hydroxylation is 2. The molecule has 0 amide bonds. The Balaban J connectivity index is 1.77. The number of hydrogen-bond acceptors (Lipinski definition) is 6. The first-order chi connectivity index (χ1) is 19.5. The number of H-pyrrole nitrogens is 1. The molecule has 2 aliphatic rings. The predicted octanol–water partition coefficient (Wildman–Crippen LogP) is 6.49. The molecule has 1 atom stereocenters. The number of rotatable bonds is 3. The van der Waals surface area contributed by atoms with E-state index in [1.807, 2.05) is 54.3 Å². The highest BCUT2D eigenvalue weighted by Crippen LogP contribution is 2.54. The fraction of sp³-hybridized carbons (Fsp3) is 0.281. The molecule has 4 aromatic rings. The molecule has 0 radical (unpaired) electrons. The molecule has 208 valence electrons. The van der Waals surface area contributed by atoms with Gasteiger partial charge in [-0.25, -0.2) is 4.98 Å². The second-order valence-corrected chi connectivity index (χ2v) is 12.0. The van der Waals surface area contributed by atoms with Crippen LogP contribution in [0.25, 0.3) is 11.1 Å². The van der Waals surface area contributed by atoms with Crippen LogP contribution >= 0.6 is 11.6 Å². The second-order valence-electron chi connectivity index (χ2n) is 11.6. The van der Waals surface area contributed by atoms with Crippen molar-refractivity contribution in [3.05, 3.63) is 104 Å². The summed E-state index contributed by atoms with van der Waals surface area (Å²) in [5.41, 5.74) is 3.90. The maximum atomic E-state index is 14.1. The lowest BCUT2D eigenvalue weighted by molar-refractivity contribution is -0.118. The summed E-state index contributed by atoms with van der Waals surface area (Å²) < 4.78 is 1.36. The number of nitrogens with one attached hydrogen (secondary N) is 1. The van der Waals surface area contributed by atoms with E-state index in [1.165, 1.54) is 11.6 Å². The zero-order chi connectivity index (χ0) is 29.2. The first kappa shape index (κ1) is 26.9. The molecule has 2 aromatic carbocycles. The third-order valence-electron chi connectivity index (χ3n) is 7.82. The summed E-state index contributed by atoms with van der Waals surface area (Å²) in [6.45, 7) is 9.15. The van der Waals surface area contributed by atoms with Crippen LogP contribution in [0.1, 0.15) is 67.0 Å². The van der Waals surface area contributed by atoms with Crippen molar-refractivity contribution in [2.75, 3.05) is 4.90 Å². The molecular formula is C32H30ClN5O3. The monoisotopic (exact) mass is 567 g/mol. The number of aromatic amines is 1. The summed E-state index contributed by atoms with van der Waals surface area (Å²) >= 11 is 6.23. The normalized spacial score (nSPS) is 17.9. The van der Waals surface area contributed by atoms with Gasteiger partial charge in [0.25, 0.3) is 5.56 Å². The third-order valence-corrected chi connectivity index (χ3v) is 8.07. The number of anilines is 2. The van der Waals surface area contributed by atoms with Crippen molar-refractivity contribution >= 4 is 34.9 Å². The second kappa shape index (κ2) is 9.66. The smallest absolute Gasteiger partial charge is 0.257 e. The van der Waals surface area contributed by atoms with E-state index >= 15 is 0 Å². The first-order valence-electron chi connectivity index (χ1n) is 13.6. The zero-order valence-corrected chi connectivity index (χ0v) is 24.3. The van der Waals surface area contributed by atoms with E-state index in [9.17, 15) is 14.4 Å². The van der Waals surface area contributed by atoms with Gasteiger partial charge in [-0.1, -0.05) is 67.9 Å². The number of carbonyl (C=O) groups is 2. The van der Waals surface area contributed by atoms with Crippen LogP contribution in [0.15, 0.2) is 70.7 Å². The van der Waals surface area contributed by atoms with Crippen molar-refractivity contribution in [3.8, 4) is 11.1 Å². The van der Waals surface area contributed by atoms with Crippen LogP contribution in [-0.4, -0.2) is 31.4 Å². The van der Waals surface area contributed by atoms with Gasteiger partial charge in [-0.2, -0.15) is 9.78 Å². The zero-order valence-electron chi connectivity index (χ0n) is 23.6. The summed E-state index contributed by atoms with van der Waals surface area (Å²) in [6.07, 6.45) is 0.855. The molecule has 0 fully saturated rings. The number of nitrogens with zero attached hydrogens (tertiary/aromatic N) is 4. The fourth-order valence-corrected chi connectivity index (χ4v) is 6.34. The predicted molar refractivity (Wildman–Crippen MR) is 159 cm³/mol. The molecule has 0 saturated carbocycles. The van der Waals surface area contributed by atoms with E-state index in [0.29, 0.717) is 52.2 Å². The minimum Gasteiger partial charge on any atom is -0.310 e. The average molecular weight is 568 g/mol. The van der Waals surface area contributed by atoms with Gasteiger partial charge >= 0.3 is 0 Å². The maximum Gasteiger partial charge on any atom is 0.257 e. The Morgan fingerprint density at radius 1 is 1.02 bits per heavy atom. The number of benzene rings is 2. The SMILES string of the molecule is CC(=O)n1nc(C)c(-c2ccccc2)c1N1C2=C(C(=O)CC(C)(C)C2)C(c2ccc(Cl)cc2)c2c1nc(C)[nH]c2=O. The molecular weight excluding hydrogens is 538 g/mol. The number of ketones is 1. The Hall–Kier alpha value is -4.30. The lowest BCUT2D eigenvalue weighted by atomic mass is 9.68. The van der Waals surface area contributed by atoms with Gasteiger partial charge in [0.15, 0.2) is 11.6 Å². The number of hydrogen-bond donors (Lipinski definition) is 1. The van der Waals surface area contributed by atoms with E-state index in [0.717, 1.165) is 22.4 Å². The van der Waals surface area contributed by atoms with Gasteiger partial charge in [-0.05, 0) is 48.9 Å². The van der Waals surface area contributed by atoms with Crippen LogP contribution in [0.5, 0.6) is 0 Å². The molecule has 1 aliphatic carbocycles. The van der Waals surface area contributed by atoms with Crippen LogP contribution in [0, 0.1) is 19.3 Å². The minimum absolute atomic E-state index is 0.0429. The lowest BCUT2D eigenvalue weighted by Crippen LogP contribution is -2.41. The highest BCUT2D eigenvalue weighted by Gasteiger charge is 2.47. The summed E-state index contributed by atoms with van der Waals surface area (Å²) in [5, 5.41) is 5.21. The topological polar surface area (TPSA) is 101 Å². The van der Waals surface area contributed by atoms with Crippen molar-refractivity contribution in [1.82, 2.24) is 19.7 Å². The van der Waals surface area contributed by atoms with Crippen LogP contribution in [0.3, 0.4) is 0 Å². The molecule has 0 bridgehead atoms. The quantitative estimate of drug-likeness (QED) is 0.304. The fourth-order valence-electron chi connectivity index (χ4n) is 6.21. The minimum atomic E-state index is -0.649. The molecule has 1 aliphatic heterocycles. The Morgan fingerprint density at radius 2 is 1.71 bits per heavy atom. The van der Waals surface area contributed by atoms with Crippen molar-refractivity contribution in [3.63, 3.8) is 0 Å². The van der Waals surface area contributed by atoms with Gasteiger partial charge in [0.2, 0.25) is 5.91 Å². The molecule has 1 unspecified atom stereocenters. The number of allylic oxidation sites excluding steroid dienone is 2. The highest BCUT2D eigenvalue weighted by molar-refractivity contribution is 6.30. The summed E-state index contributed by atoms with van der Waals surface area (Å²) in [6, 6.07) is 16.9. The molecule has 0 spiro atoms. The molecule has 3 heterocycles. The lowest BCUT2D eigenvalue weighted by Gasteiger charge is -2.43. The van der Waals surface area contributed by atoms with E-state index in [2.05, 4.69) is 23.9 Å². The van der Waals surface area contributed by atoms with E-state index in [4.69, 9.17) is 16.6 Å². The van der Waals surface area contributed by atoms with Crippen molar-refractivity contribution < 1.29 is 9.59 Å². The molecule has 0 saturated heterocycles. The number of fused-ring (bicyclic) bond motifs is 1. The third kappa shape index (κ3) is 4.43. The van der Waals surface area contributed by atoms with Gasteiger partial charge < -0.3 is 4.98 Å². The molecule has 9 heteroatoms. The van der Waals surface area contributed by atoms with Crippen LogP contribution in [0.4, 0.5) is 11.6 Å². The number of aromatic nitrogens is 4. The van der Waals surface area contributed by atoms with Crippen LogP contribution in [-0.2, 0) is 4.79 Å². The summed E-state index contributed by atoms with van der Waals surface area (Å²) in [7, 11) is 0. The molecule has 41 heavy (non-hydrogen) atoms. The maximum absolute atomic E-state index is 14.1. The van der Waals surface area contributed by atoms with Crippen molar-refractivity contribution in [2.45, 2.75) is 53.4 Å². The molecule has 2 aromatic heterocycles. The molecule has 8 nitrogen and oxygen atoms in total. The van der Waals surface area contributed by atoms with Crippen molar-refractivity contribution in [1.29, 1.82) is 0 Å². The first-order valence-corrected chi connectivity index (χ1v) is 13.9. The van der Waals surface area contributed by atoms with Gasteiger partial charge in [0.1, 0.15) is 11.6 Å². The Bertz CT molecular complexity index is 1820. The average Bonchev–Trinajstić information content (AvgIpc) is 3.24. The van der Waals surface area contributed by atoms with Gasteiger partial charge in [0.05, 0.1) is 11.3 Å². The van der Waals surface area contributed by atoms with Crippen molar-refractivity contribution in [2.24, 2.45) is 5.41 Å². The van der Waals surface area contributed by atoms with E-state index in [1.54, 1.807) is 19.1 Å². The Labute approximate surface area is 242 Å². The highest BCUT2D eigenvalue weighted by atomic mass is 35.5. The van der Waals surface area contributed by atoms with Gasteiger partial charge in [-0.15, -0.1) is 0 Å². The number of carbonyl (C=O) groups excluding carboxylic acids is 2. The Kier molecular flexibility index (Phi) is 6.34. The standard InChI is InChI=1S/C32H30ClN5O3/c1-17-25(20-9-7-6-8-10-20)31(38(36-17)19(3)39)37-23-15-32(4,5)16-24(40)27(23)26(21-11-13-22(33)14-12-21)28-29(37)34-18(2)35-30(28)41/h6-14,26H,15-16H2,1-5H3,(H,34,35,41). The summed E-state index contributed by atoms with van der Waals surface area (Å²) in [4.78, 5) is 50.6. The number of halogens is 1. The summed E-state index contributed by atoms with van der Waals surface area (Å²) in [5.74, 6) is 0.285. The van der Waals surface area contributed by atoms with Crippen LogP contribution in [0.2, 0.25) is 5.02 Å². The molecule has 1 N–H and O–H groups in total. The molecule has 6 rings (SSSR count). The number of Topliss-reactive ketones (excluding diaryl/α,β-unsaturated/α-hetero) is 1. The van der Waals surface area contributed by atoms with E-state index < -0.39 is 5.92 Å².